The van der Waals surface area contributed by atoms with E-state index in [-0.39, 0.29) is 5.79 Å². The van der Waals surface area contributed by atoms with Gasteiger partial charge < -0.3 is 0 Å². The third kappa shape index (κ3) is 4.35. The second kappa shape index (κ2) is 5.52. The van der Waals surface area contributed by atoms with Crippen LogP contribution < -0.4 is 16.0 Å². The molecule has 0 aromatic carbocycles. The molecule has 0 aromatic heterocycles. The summed E-state index contributed by atoms with van der Waals surface area (Å²) in [5.74, 6) is -0.0990. The first kappa shape index (κ1) is 10.9. The van der Waals surface area contributed by atoms with E-state index in [1.54, 1.807) is 0 Å². The molecule has 11 heavy (non-hydrogen) atoms. The smallest absolute Gasteiger partial charge is 0.120 e. The van der Waals surface area contributed by atoms with Gasteiger partial charge in [0.1, 0.15) is 5.79 Å². The summed E-state index contributed by atoms with van der Waals surface area (Å²) in [6.07, 6.45) is 0. The first-order valence-electron chi connectivity index (χ1n) is 4.43. The summed E-state index contributed by atoms with van der Waals surface area (Å²) in [5, 5.41) is 10.0. The summed E-state index contributed by atoms with van der Waals surface area (Å²) in [5.41, 5.74) is 0. The van der Waals surface area contributed by atoms with Gasteiger partial charge in [-0.1, -0.05) is 20.8 Å². The van der Waals surface area contributed by atoms with Crippen LogP contribution in [0.25, 0.3) is 0 Å². The molecule has 0 aliphatic rings. The fourth-order valence-electron chi connectivity index (χ4n) is 1.25. The molecule has 0 fully saturated rings. The summed E-state index contributed by atoms with van der Waals surface area (Å²) < 4.78 is 0. The summed E-state index contributed by atoms with van der Waals surface area (Å²) in [7, 11) is 0. The van der Waals surface area contributed by atoms with Gasteiger partial charge in [0, 0.05) is 0 Å². The van der Waals surface area contributed by atoms with E-state index in [1.807, 2.05) is 0 Å². The van der Waals surface area contributed by atoms with Gasteiger partial charge in [0.15, 0.2) is 0 Å². The van der Waals surface area contributed by atoms with E-state index in [4.69, 9.17) is 0 Å². The van der Waals surface area contributed by atoms with Crippen molar-refractivity contribution in [3.05, 3.63) is 0 Å². The molecule has 0 aliphatic carbocycles. The summed E-state index contributed by atoms with van der Waals surface area (Å²) >= 11 is 0. The second-order valence-electron chi connectivity index (χ2n) is 2.72. The van der Waals surface area contributed by atoms with Crippen LogP contribution in [0.1, 0.15) is 27.7 Å². The minimum atomic E-state index is -0.0990. The predicted molar refractivity (Wildman–Crippen MR) is 49.4 cm³/mol. The lowest BCUT2D eigenvalue weighted by Crippen LogP contribution is -2.64. The zero-order chi connectivity index (χ0) is 8.74. The van der Waals surface area contributed by atoms with Gasteiger partial charge in [-0.3, -0.25) is 16.0 Å². The van der Waals surface area contributed by atoms with E-state index in [0.29, 0.717) is 0 Å². The van der Waals surface area contributed by atoms with E-state index < -0.39 is 0 Å². The van der Waals surface area contributed by atoms with Crippen LogP contribution in [0.5, 0.6) is 0 Å². The normalized spacial score (nSPS) is 12.0. The third-order valence-electron chi connectivity index (χ3n) is 1.59. The van der Waals surface area contributed by atoms with Gasteiger partial charge >= 0.3 is 0 Å². The lowest BCUT2D eigenvalue weighted by Gasteiger charge is -2.32. The molecule has 0 aromatic rings. The van der Waals surface area contributed by atoms with Crippen LogP contribution in [0.3, 0.4) is 0 Å². The summed E-state index contributed by atoms with van der Waals surface area (Å²) in [6.45, 7) is 11.3. The van der Waals surface area contributed by atoms with E-state index >= 15 is 0 Å². The Morgan fingerprint density at radius 3 is 1.27 bits per heavy atom. The fourth-order valence-corrected chi connectivity index (χ4v) is 1.25. The molecule has 0 saturated heterocycles. The molecule has 0 radical (unpaired) electrons. The maximum absolute atomic E-state index is 3.34. The summed E-state index contributed by atoms with van der Waals surface area (Å²) in [4.78, 5) is 0. The lowest BCUT2D eigenvalue weighted by molar-refractivity contribution is 0.235. The zero-order valence-electron chi connectivity index (χ0n) is 8.12. The molecule has 0 amide bonds. The number of hydrogen-bond donors (Lipinski definition) is 3. The topological polar surface area (TPSA) is 36.1 Å². The van der Waals surface area contributed by atoms with Crippen molar-refractivity contribution in [3.8, 4) is 0 Å². The molecule has 0 heterocycles. The molecule has 68 valence electrons. The van der Waals surface area contributed by atoms with Crippen molar-refractivity contribution < 1.29 is 0 Å². The lowest BCUT2D eigenvalue weighted by atomic mass is 10.3. The highest BCUT2D eigenvalue weighted by molar-refractivity contribution is 4.75. The van der Waals surface area contributed by atoms with Crippen LogP contribution in [0.2, 0.25) is 0 Å². The Bertz CT molecular complexity index is 76.3. The molecule has 0 saturated carbocycles. The maximum atomic E-state index is 3.34. The highest BCUT2D eigenvalue weighted by atomic mass is 15.3. The van der Waals surface area contributed by atoms with Gasteiger partial charge in [-0.25, -0.2) is 0 Å². The summed E-state index contributed by atoms with van der Waals surface area (Å²) in [6, 6.07) is 0. The minimum absolute atomic E-state index is 0.0990. The van der Waals surface area contributed by atoms with Gasteiger partial charge in [-0.05, 0) is 26.6 Å². The molecule has 0 rings (SSSR count). The third-order valence-corrected chi connectivity index (χ3v) is 1.59. The highest BCUT2D eigenvalue weighted by Crippen LogP contribution is 1.90. The Labute approximate surface area is 69.9 Å². The monoisotopic (exact) mass is 159 g/mol. The molecule has 3 heteroatoms. The molecule has 3 nitrogen and oxygen atoms in total. The Morgan fingerprint density at radius 2 is 1.09 bits per heavy atom. The van der Waals surface area contributed by atoms with Gasteiger partial charge in [0.25, 0.3) is 0 Å². The van der Waals surface area contributed by atoms with Crippen LogP contribution >= 0.6 is 0 Å². The first-order chi connectivity index (χ1) is 5.18. The van der Waals surface area contributed by atoms with Crippen molar-refractivity contribution in [3.63, 3.8) is 0 Å². The quantitative estimate of drug-likeness (QED) is 0.494. The number of nitrogens with one attached hydrogen (secondary N) is 3. The predicted octanol–water partition coefficient (Wildman–Crippen LogP) is 0.489. The van der Waals surface area contributed by atoms with Crippen molar-refractivity contribution in [2.24, 2.45) is 0 Å². The minimum Gasteiger partial charge on any atom is -0.288 e. The molecule has 0 spiro atoms. The van der Waals surface area contributed by atoms with Crippen LogP contribution in [0.4, 0.5) is 0 Å². The van der Waals surface area contributed by atoms with Gasteiger partial charge in [-0.2, -0.15) is 0 Å². The molecular weight excluding hydrogens is 138 g/mol. The van der Waals surface area contributed by atoms with Crippen molar-refractivity contribution in [1.82, 2.24) is 16.0 Å². The van der Waals surface area contributed by atoms with Gasteiger partial charge in [-0.15, -0.1) is 0 Å². The van der Waals surface area contributed by atoms with Crippen LogP contribution in [0.15, 0.2) is 0 Å². The Kier molecular flexibility index (Phi) is 5.46. The molecule has 0 aliphatic heterocycles. The molecule has 0 unspecified atom stereocenters. The van der Waals surface area contributed by atoms with E-state index in [9.17, 15) is 0 Å². The zero-order valence-corrected chi connectivity index (χ0v) is 8.12. The molecule has 3 N–H and O–H groups in total. The molecular formula is C8H21N3. The van der Waals surface area contributed by atoms with E-state index in [1.165, 1.54) is 0 Å². The Morgan fingerprint density at radius 1 is 0.818 bits per heavy atom. The Hall–Kier alpha value is -0.120. The van der Waals surface area contributed by atoms with Crippen LogP contribution in [-0.2, 0) is 0 Å². The average molecular weight is 159 g/mol. The van der Waals surface area contributed by atoms with Crippen molar-refractivity contribution in [1.29, 1.82) is 0 Å². The highest BCUT2D eigenvalue weighted by Gasteiger charge is 2.18. The molecule has 0 bridgehead atoms. The first-order valence-corrected chi connectivity index (χ1v) is 4.43. The van der Waals surface area contributed by atoms with Crippen molar-refractivity contribution >= 4 is 0 Å². The van der Waals surface area contributed by atoms with Crippen molar-refractivity contribution in [2.75, 3.05) is 19.6 Å². The average Bonchev–Trinajstić information content (AvgIpc) is 1.88. The number of rotatable bonds is 6. The van der Waals surface area contributed by atoms with Crippen LogP contribution in [-0.4, -0.2) is 25.4 Å². The Balaban J connectivity index is 3.79. The van der Waals surface area contributed by atoms with E-state index in [2.05, 4.69) is 43.6 Å². The maximum Gasteiger partial charge on any atom is 0.120 e. The van der Waals surface area contributed by atoms with Crippen LogP contribution in [0, 0.1) is 0 Å². The largest absolute Gasteiger partial charge is 0.288 e. The standard InChI is InChI=1S/C8H21N3/c1-5-9-8(4,10-6-2)11-7-3/h9-11H,5-7H2,1-4H3. The second-order valence-corrected chi connectivity index (χ2v) is 2.72. The number of hydrogen-bond acceptors (Lipinski definition) is 3. The van der Waals surface area contributed by atoms with Gasteiger partial charge in [0.05, 0.1) is 0 Å². The molecule has 0 atom stereocenters. The van der Waals surface area contributed by atoms with E-state index in [0.717, 1.165) is 19.6 Å². The van der Waals surface area contributed by atoms with Gasteiger partial charge in [0.2, 0.25) is 0 Å². The fraction of sp³-hybridized carbons (Fsp3) is 1.00. The van der Waals surface area contributed by atoms with Crippen molar-refractivity contribution in [2.45, 2.75) is 33.5 Å². The SMILES string of the molecule is CCNC(C)(NCC)NCC.